The first kappa shape index (κ1) is 15.5. The second-order valence-electron chi connectivity index (χ2n) is 4.85. The molecule has 1 heterocycles. The summed E-state index contributed by atoms with van der Waals surface area (Å²) in [6.45, 7) is 5.58. The molecule has 0 fully saturated rings. The maximum atomic E-state index is 12.3. The molecule has 21 heavy (non-hydrogen) atoms. The molecule has 0 aliphatic carbocycles. The van der Waals surface area contributed by atoms with Gasteiger partial charge in [0, 0.05) is 19.9 Å². The molecular weight excluding hydrogens is 292 g/mol. The lowest BCUT2D eigenvalue weighted by atomic mass is 10.1. The van der Waals surface area contributed by atoms with E-state index in [-0.39, 0.29) is 17.1 Å². The van der Waals surface area contributed by atoms with Gasteiger partial charge < -0.3 is 10.3 Å². The Kier molecular flexibility index (Phi) is 4.29. The van der Waals surface area contributed by atoms with Crippen LogP contribution in [0.3, 0.4) is 0 Å². The zero-order chi connectivity index (χ0) is 15.6. The molecule has 3 N–H and O–H groups in total. The Morgan fingerprint density at radius 3 is 2.52 bits per heavy atom. The van der Waals surface area contributed by atoms with Gasteiger partial charge in [0.25, 0.3) is 0 Å². The highest BCUT2D eigenvalue weighted by molar-refractivity contribution is 7.89. The lowest BCUT2D eigenvalue weighted by Gasteiger charge is -2.11. The van der Waals surface area contributed by atoms with Gasteiger partial charge in [-0.25, -0.2) is 13.1 Å². The maximum absolute atomic E-state index is 12.3. The molecule has 2 rings (SSSR count). The van der Waals surface area contributed by atoms with E-state index in [4.69, 9.17) is 10.3 Å². The van der Waals surface area contributed by atoms with Crippen molar-refractivity contribution in [2.45, 2.75) is 32.1 Å². The van der Waals surface area contributed by atoms with Crippen molar-refractivity contribution in [3.63, 3.8) is 0 Å². The summed E-state index contributed by atoms with van der Waals surface area (Å²) in [7, 11) is -3.65. The topological polar surface area (TPSA) is 111 Å². The second-order valence-corrected chi connectivity index (χ2v) is 6.59. The van der Waals surface area contributed by atoms with E-state index in [2.05, 4.69) is 14.9 Å². The molecule has 0 unspecified atom stereocenters. The molecule has 114 valence electrons. The number of sulfonamides is 1. The van der Waals surface area contributed by atoms with E-state index in [1.54, 1.807) is 19.1 Å². The van der Waals surface area contributed by atoms with Gasteiger partial charge >= 0.3 is 0 Å². The number of rotatable bonds is 5. The van der Waals surface area contributed by atoms with Crippen molar-refractivity contribution >= 4 is 15.7 Å². The number of benzene rings is 1. The van der Waals surface area contributed by atoms with Gasteiger partial charge in [-0.05, 0) is 37.1 Å². The number of anilines is 1. The van der Waals surface area contributed by atoms with Crippen LogP contribution >= 0.6 is 0 Å². The molecule has 0 radical (unpaired) electrons. The van der Waals surface area contributed by atoms with Crippen molar-refractivity contribution in [3.8, 4) is 0 Å². The molecule has 1 aromatic heterocycles. The second kappa shape index (κ2) is 5.82. The summed E-state index contributed by atoms with van der Waals surface area (Å²) in [6, 6.07) is 3.23. The Morgan fingerprint density at radius 1 is 1.24 bits per heavy atom. The van der Waals surface area contributed by atoms with Crippen LogP contribution in [-0.4, -0.2) is 25.1 Å². The van der Waals surface area contributed by atoms with Crippen LogP contribution < -0.4 is 10.5 Å². The molecule has 0 bridgehead atoms. The number of nitrogens with one attached hydrogen (secondary N) is 1. The third-order valence-electron chi connectivity index (χ3n) is 3.13. The van der Waals surface area contributed by atoms with Crippen LogP contribution in [0.25, 0.3) is 0 Å². The van der Waals surface area contributed by atoms with E-state index >= 15 is 0 Å². The largest absolute Gasteiger partial charge is 0.398 e. The first-order valence-corrected chi connectivity index (χ1v) is 7.93. The van der Waals surface area contributed by atoms with Crippen LogP contribution in [0.2, 0.25) is 0 Å². The minimum Gasteiger partial charge on any atom is -0.398 e. The van der Waals surface area contributed by atoms with Crippen molar-refractivity contribution in [3.05, 3.63) is 35.0 Å². The number of hydrogen-bond acceptors (Lipinski definition) is 6. The fourth-order valence-electron chi connectivity index (χ4n) is 1.86. The molecule has 0 atom stereocenters. The van der Waals surface area contributed by atoms with Crippen LogP contribution in [0.5, 0.6) is 0 Å². The van der Waals surface area contributed by atoms with E-state index in [0.717, 1.165) is 11.1 Å². The highest BCUT2D eigenvalue weighted by Crippen LogP contribution is 2.22. The van der Waals surface area contributed by atoms with Crippen molar-refractivity contribution in [1.29, 1.82) is 0 Å². The van der Waals surface area contributed by atoms with E-state index in [1.165, 1.54) is 0 Å². The molecule has 0 aliphatic heterocycles. The minimum absolute atomic E-state index is 0.0925. The van der Waals surface area contributed by atoms with Crippen LogP contribution in [-0.2, 0) is 16.4 Å². The summed E-state index contributed by atoms with van der Waals surface area (Å²) in [6.07, 6.45) is 0.349. The van der Waals surface area contributed by atoms with Crippen molar-refractivity contribution in [1.82, 2.24) is 14.9 Å². The summed E-state index contributed by atoms with van der Waals surface area (Å²) in [5, 5.41) is 3.71. The van der Waals surface area contributed by atoms with Crippen molar-refractivity contribution in [2.24, 2.45) is 0 Å². The summed E-state index contributed by atoms with van der Waals surface area (Å²) in [5.41, 5.74) is 7.87. The van der Waals surface area contributed by atoms with Crippen LogP contribution in [0.15, 0.2) is 21.6 Å². The fraction of sp³-hybridized carbons (Fsp3) is 0.385. The number of aryl methyl sites for hydroxylation is 3. The monoisotopic (exact) mass is 310 g/mol. The first-order chi connectivity index (χ1) is 9.79. The smallest absolute Gasteiger partial charge is 0.242 e. The quantitative estimate of drug-likeness (QED) is 0.800. The Balaban J connectivity index is 2.10. The molecule has 7 nitrogen and oxygen atoms in total. The molecule has 1 aromatic carbocycles. The molecule has 0 amide bonds. The predicted molar refractivity (Wildman–Crippen MR) is 78.3 cm³/mol. The van der Waals surface area contributed by atoms with Crippen LogP contribution in [0, 0.1) is 20.8 Å². The van der Waals surface area contributed by atoms with Gasteiger partial charge in [-0.1, -0.05) is 5.16 Å². The van der Waals surface area contributed by atoms with Crippen molar-refractivity contribution < 1.29 is 12.9 Å². The van der Waals surface area contributed by atoms with Gasteiger partial charge in [-0.15, -0.1) is 0 Å². The van der Waals surface area contributed by atoms with Gasteiger partial charge in [-0.2, -0.15) is 4.98 Å². The number of nitrogens with zero attached hydrogens (tertiary/aromatic N) is 2. The molecule has 0 saturated heterocycles. The molecule has 0 saturated carbocycles. The molecule has 0 aliphatic rings. The lowest BCUT2D eigenvalue weighted by Crippen LogP contribution is -2.27. The van der Waals surface area contributed by atoms with E-state index < -0.39 is 10.0 Å². The van der Waals surface area contributed by atoms with E-state index in [1.807, 2.05) is 13.8 Å². The van der Waals surface area contributed by atoms with Gasteiger partial charge in [0.1, 0.15) is 4.90 Å². The summed E-state index contributed by atoms with van der Waals surface area (Å²) in [4.78, 5) is 4.10. The average molecular weight is 310 g/mol. The third kappa shape index (κ3) is 3.59. The highest BCUT2D eigenvalue weighted by Gasteiger charge is 2.18. The molecular formula is C13H18N4O3S. The third-order valence-corrected chi connectivity index (χ3v) is 4.64. The molecule has 8 heteroatoms. The summed E-state index contributed by atoms with van der Waals surface area (Å²) in [5.74, 6) is 0.912. The van der Waals surface area contributed by atoms with Gasteiger partial charge in [0.2, 0.25) is 15.9 Å². The first-order valence-electron chi connectivity index (χ1n) is 6.45. The highest BCUT2D eigenvalue weighted by atomic mass is 32.2. The van der Waals surface area contributed by atoms with E-state index in [0.29, 0.717) is 18.1 Å². The number of nitrogens with two attached hydrogens (primary N) is 1. The zero-order valence-electron chi connectivity index (χ0n) is 12.2. The van der Waals surface area contributed by atoms with Crippen LogP contribution in [0.1, 0.15) is 22.8 Å². The lowest BCUT2D eigenvalue weighted by molar-refractivity contribution is 0.387. The van der Waals surface area contributed by atoms with Gasteiger partial charge in [0.05, 0.1) is 5.69 Å². The van der Waals surface area contributed by atoms with Gasteiger partial charge in [-0.3, -0.25) is 0 Å². The minimum atomic E-state index is -3.65. The number of hydrogen-bond donors (Lipinski definition) is 2. The van der Waals surface area contributed by atoms with Gasteiger partial charge in [0.15, 0.2) is 5.82 Å². The Morgan fingerprint density at radius 2 is 1.90 bits per heavy atom. The van der Waals surface area contributed by atoms with E-state index in [9.17, 15) is 8.42 Å². The number of aromatic nitrogens is 2. The van der Waals surface area contributed by atoms with Crippen molar-refractivity contribution in [2.75, 3.05) is 12.3 Å². The molecule has 2 aromatic rings. The zero-order valence-corrected chi connectivity index (χ0v) is 13.0. The summed E-state index contributed by atoms with van der Waals surface area (Å²) >= 11 is 0. The Hall–Kier alpha value is -1.93. The Bertz CT molecular complexity index is 753. The normalized spacial score (nSPS) is 11.8. The standard InChI is InChI=1S/C13H18N4O3S/c1-8-6-11(14)12(7-9(8)2)21(18,19)15-5-4-13-16-10(3)20-17-13/h6-7,15H,4-5,14H2,1-3H3. The Labute approximate surface area is 123 Å². The SMILES string of the molecule is Cc1nc(CCNS(=O)(=O)c2cc(C)c(C)cc2N)no1. The number of nitrogen functional groups attached to an aromatic ring is 1. The fourth-order valence-corrected chi connectivity index (χ4v) is 3.09. The predicted octanol–water partition coefficient (Wildman–Crippen LogP) is 1.10. The van der Waals surface area contributed by atoms with Crippen LogP contribution in [0.4, 0.5) is 5.69 Å². The molecule has 0 spiro atoms. The average Bonchev–Trinajstić information content (AvgIpc) is 2.79. The maximum Gasteiger partial charge on any atom is 0.242 e. The summed E-state index contributed by atoms with van der Waals surface area (Å²) < 4.78 is 31.8.